The largest absolute Gasteiger partial charge is 0.299 e. The van der Waals surface area contributed by atoms with Crippen LogP contribution in [0.4, 0.5) is 0 Å². The van der Waals surface area contributed by atoms with Crippen molar-refractivity contribution in [3.05, 3.63) is 0 Å². The van der Waals surface area contributed by atoms with Crippen molar-refractivity contribution in [3.63, 3.8) is 0 Å². The molecule has 0 aliphatic carbocycles. The zero-order valence-corrected chi connectivity index (χ0v) is 8.49. The van der Waals surface area contributed by atoms with E-state index in [2.05, 4.69) is 30.5 Å². The Hall–Kier alpha value is 0.310. The summed E-state index contributed by atoms with van der Waals surface area (Å²) in [6.07, 6.45) is 2.64. The highest BCUT2D eigenvalue weighted by atomic mass is 32.2. The molecule has 1 heterocycles. The van der Waals surface area contributed by atoms with Crippen molar-refractivity contribution in [2.24, 2.45) is 0 Å². The standard InChI is InChI=1S/C9H19NS/c1-3-9(4-2)10-5-7-11-8-6-10/h9H,3-8H2,1-2H3. The number of hydrogen-bond acceptors (Lipinski definition) is 2. The summed E-state index contributed by atoms with van der Waals surface area (Å²) in [6.45, 7) is 7.24. The molecule has 0 aromatic rings. The van der Waals surface area contributed by atoms with Gasteiger partial charge in [-0.15, -0.1) is 0 Å². The SMILES string of the molecule is CCC(CC)N1CCSCC1. The van der Waals surface area contributed by atoms with Gasteiger partial charge in [-0.25, -0.2) is 0 Å². The maximum atomic E-state index is 2.65. The maximum absolute atomic E-state index is 2.65. The van der Waals surface area contributed by atoms with E-state index in [9.17, 15) is 0 Å². The highest BCUT2D eigenvalue weighted by Crippen LogP contribution is 2.15. The molecule has 0 radical (unpaired) electrons. The third-order valence-electron chi connectivity index (χ3n) is 2.50. The summed E-state index contributed by atoms with van der Waals surface area (Å²) in [5, 5.41) is 0. The van der Waals surface area contributed by atoms with Gasteiger partial charge in [-0.2, -0.15) is 11.8 Å². The summed E-state index contributed by atoms with van der Waals surface area (Å²) in [4.78, 5) is 2.65. The van der Waals surface area contributed by atoms with E-state index in [1.165, 1.54) is 37.4 Å². The van der Waals surface area contributed by atoms with Gasteiger partial charge in [0.15, 0.2) is 0 Å². The van der Waals surface area contributed by atoms with Gasteiger partial charge < -0.3 is 0 Å². The Morgan fingerprint density at radius 1 is 1.18 bits per heavy atom. The molecule has 1 aliphatic rings. The Labute approximate surface area is 74.5 Å². The number of hydrogen-bond donors (Lipinski definition) is 0. The van der Waals surface area contributed by atoms with E-state index < -0.39 is 0 Å². The number of nitrogens with zero attached hydrogens (tertiary/aromatic N) is 1. The normalized spacial score (nSPS) is 21.0. The highest BCUT2D eigenvalue weighted by Gasteiger charge is 2.16. The Kier molecular flexibility index (Phi) is 4.31. The minimum Gasteiger partial charge on any atom is -0.299 e. The van der Waals surface area contributed by atoms with Crippen LogP contribution in [0.25, 0.3) is 0 Å². The van der Waals surface area contributed by atoms with Gasteiger partial charge in [-0.1, -0.05) is 13.8 Å². The first-order valence-corrected chi connectivity index (χ1v) is 5.85. The average molecular weight is 173 g/mol. The molecule has 0 spiro atoms. The lowest BCUT2D eigenvalue weighted by molar-refractivity contribution is 0.205. The average Bonchev–Trinajstić information content (AvgIpc) is 2.09. The maximum Gasteiger partial charge on any atom is 0.00906 e. The van der Waals surface area contributed by atoms with Crippen LogP contribution in [0.15, 0.2) is 0 Å². The van der Waals surface area contributed by atoms with E-state index in [1.807, 2.05) is 0 Å². The second kappa shape index (κ2) is 5.04. The molecule has 11 heavy (non-hydrogen) atoms. The first kappa shape index (κ1) is 9.40. The molecule has 0 amide bonds. The second-order valence-corrected chi connectivity index (χ2v) is 4.34. The van der Waals surface area contributed by atoms with Crippen molar-refractivity contribution in [2.75, 3.05) is 24.6 Å². The fraction of sp³-hybridized carbons (Fsp3) is 1.00. The van der Waals surface area contributed by atoms with E-state index in [0.29, 0.717) is 0 Å². The molecule has 1 saturated heterocycles. The smallest absolute Gasteiger partial charge is 0.00906 e. The molecule has 0 aromatic heterocycles. The van der Waals surface area contributed by atoms with Crippen molar-refractivity contribution in [1.29, 1.82) is 0 Å². The molecular formula is C9H19NS. The molecular weight excluding hydrogens is 154 g/mol. The monoisotopic (exact) mass is 173 g/mol. The van der Waals surface area contributed by atoms with Crippen LogP contribution in [0.3, 0.4) is 0 Å². The first-order valence-electron chi connectivity index (χ1n) is 4.70. The summed E-state index contributed by atoms with van der Waals surface area (Å²) < 4.78 is 0. The summed E-state index contributed by atoms with van der Waals surface area (Å²) in [6, 6.07) is 0.857. The Morgan fingerprint density at radius 2 is 1.73 bits per heavy atom. The summed E-state index contributed by atoms with van der Waals surface area (Å²) in [7, 11) is 0. The van der Waals surface area contributed by atoms with E-state index >= 15 is 0 Å². The Bertz CT molecular complexity index is 95.7. The van der Waals surface area contributed by atoms with Crippen LogP contribution in [-0.2, 0) is 0 Å². The number of rotatable bonds is 3. The zero-order valence-electron chi connectivity index (χ0n) is 7.68. The minimum atomic E-state index is 0.857. The van der Waals surface area contributed by atoms with E-state index in [4.69, 9.17) is 0 Å². The van der Waals surface area contributed by atoms with Gasteiger partial charge in [0, 0.05) is 30.6 Å². The van der Waals surface area contributed by atoms with Crippen molar-refractivity contribution >= 4 is 11.8 Å². The molecule has 0 N–H and O–H groups in total. The van der Waals surface area contributed by atoms with Crippen LogP contribution in [0.2, 0.25) is 0 Å². The van der Waals surface area contributed by atoms with Crippen LogP contribution in [-0.4, -0.2) is 35.5 Å². The summed E-state index contributed by atoms with van der Waals surface area (Å²) in [5.74, 6) is 2.69. The second-order valence-electron chi connectivity index (χ2n) is 3.12. The third-order valence-corrected chi connectivity index (χ3v) is 3.45. The molecule has 0 atom stereocenters. The lowest BCUT2D eigenvalue weighted by atomic mass is 10.1. The minimum absolute atomic E-state index is 0.857. The number of thioether (sulfide) groups is 1. The van der Waals surface area contributed by atoms with Crippen LogP contribution >= 0.6 is 11.8 Å². The molecule has 0 unspecified atom stereocenters. The third kappa shape index (κ3) is 2.68. The van der Waals surface area contributed by atoms with E-state index in [-0.39, 0.29) is 0 Å². The van der Waals surface area contributed by atoms with Crippen LogP contribution in [0, 0.1) is 0 Å². The predicted molar refractivity (Wildman–Crippen MR) is 53.3 cm³/mol. The van der Waals surface area contributed by atoms with E-state index in [0.717, 1.165) is 6.04 Å². The molecule has 0 bridgehead atoms. The van der Waals surface area contributed by atoms with Crippen LogP contribution in [0.5, 0.6) is 0 Å². The summed E-state index contributed by atoms with van der Waals surface area (Å²) >= 11 is 2.10. The molecule has 1 fully saturated rings. The molecule has 0 aromatic carbocycles. The molecule has 1 aliphatic heterocycles. The van der Waals surface area contributed by atoms with Gasteiger partial charge in [-0.05, 0) is 12.8 Å². The molecule has 0 saturated carbocycles. The lowest BCUT2D eigenvalue weighted by Crippen LogP contribution is -2.40. The lowest BCUT2D eigenvalue weighted by Gasteiger charge is -2.33. The van der Waals surface area contributed by atoms with Gasteiger partial charge in [0.2, 0.25) is 0 Å². The van der Waals surface area contributed by atoms with Crippen molar-refractivity contribution in [1.82, 2.24) is 4.90 Å². The van der Waals surface area contributed by atoms with Crippen LogP contribution in [0.1, 0.15) is 26.7 Å². The fourth-order valence-corrected chi connectivity index (χ4v) is 2.68. The molecule has 1 rings (SSSR count). The van der Waals surface area contributed by atoms with Crippen molar-refractivity contribution < 1.29 is 0 Å². The topological polar surface area (TPSA) is 3.24 Å². The fourth-order valence-electron chi connectivity index (χ4n) is 1.75. The van der Waals surface area contributed by atoms with Crippen molar-refractivity contribution in [2.45, 2.75) is 32.7 Å². The zero-order chi connectivity index (χ0) is 8.10. The van der Waals surface area contributed by atoms with Gasteiger partial charge in [0.05, 0.1) is 0 Å². The van der Waals surface area contributed by atoms with Gasteiger partial charge >= 0.3 is 0 Å². The molecule has 1 nitrogen and oxygen atoms in total. The van der Waals surface area contributed by atoms with Gasteiger partial charge in [0.25, 0.3) is 0 Å². The molecule has 2 heteroatoms. The van der Waals surface area contributed by atoms with Gasteiger partial charge in [0.1, 0.15) is 0 Å². The van der Waals surface area contributed by atoms with Crippen LogP contribution < -0.4 is 0 Å². The predicted octanol–water partition coefficient (Wildman–Crippen LogP) is 2.22. The summed E-state index contributed by atoms with van der Waals surface area (Å²) in [5.41, 5.74) is 0. The van der Waals surface area contributed by atoms with Crippen molar-refractivity contribution in [3.8, 4) is 0 Å². The highest BCUT2D eigenvalue weighted by molar-refractivity contribution is 7.99. The first-order chi connectivity index (χ1) is 5.38. The quantitative estimate of drug-likeness (QED) is 0.644. The Morgan fingerprint density at radius 3 is 2.18 bits per heavy atom. The van der Waals surface area contributed by atoms with E-state index in [1.54, 1.807) is 0 Å². The molecule has 66 valence electrons. The Balaban J connectivity index is 2.30. The van der Waals surface area contributed by atoms with Gasteiger partial charge in [-0.3, -0.25) is 4.90 Å².